The number of phenolic OH excluding ortho intramolecular Hbond substituents is 1. The van der Waals surface area contributed by atoms with E-state index in [9.17, 15) is 19.5 Å². The Labute approximate surface area is 268 Å². The maximum absolute atomic E-state index is 12.4. The van der Waals surface area contributed by atoms with E-state index in [0.717, 1.165) is 30.1 Å². The van der Waals surface area contributed by atoms with Gasteiger partial charge in [0.2, 0.25) is 5.91 Å². The van der Waals surface area contributed by atoms with Crippen LogP contribution in [0.5, 0.6) is 17.2 Å². The van der Waals surface area contributed by atoms with Gasteiger partial charge in [0.05, 0.1) is 0 Å². The predicted molar refractivity (Wildman–Crippen MR) is 178 cm³/mol. The summed E-state index contributed by atoms with van der Waals surface area (Å²) < 4.78 is 11.4. The molecule has 4 rings (SSSR count). The van der Waals surface area contributed by atoms with Crippen molar-refractivity contribution >= 4 is 18.5 Å². The van der Waals surface area contributed by atoms with Crippen molar-refractivity contribution in [3.63, 3.8) is 0 Å². The number of benzene rings is 3. The lowest BCUT2D eigenvalue weighted by molar-refractivity contribution is -0.131. The van der Waals surface area contributed by atoms with Crippen LogP contribution in [0.2, 0.25) is 0 Å². The third kappa shape index (κ3) is 12.8. The molecule has 242 valence electrons. The van der Waals surface area contributed by atoms with Gasteiger partial charge in [0.1, 0.15) is 43.0 Å². The standard InChI is InChI=1S/C22H18O5.C16H31NO/c23-12-16-1-5-21(6-2-16)26-14-18-9-19(11-20(25)10-18)15-27-22-7-3-17(13-24)4-8-22;1-13(2)12-16(3,4)15(18)17-14-10-8-6-5-7-9-11-14/h1-13,25H,14-15H2;13-14H,5-12H2,1-4H3,(H,17,18). The first-order chi connectivity index (χ1) is 21.6. The molecule has 0 saturated heterocycles. The zero-order chi connectivity index (χ0) is 32.7. The highest BCUT2D eigenvalue weighted by molar-refractivity contribution is 5.82. The van der Waals surface area contributed by atoms with Gasteiger partial charge in [-0.2, -0.15) is 0 Å². The van der Waals surface area contributed by atoms with Crippen LogP contribution >= 0.6 is 0 Å². The molecular weight excluding hydrogens is 566 g/mol. The summed E-state index contributed by atoms with van der Waals surface area (Å²) in [6.45, 7) is 9.07. The van der Waals surface area contributed by atoms with Crippen molar-refractivity contribution in [1.82, 2.24) is 5.32 Å². The molecule has 0 unspecified atom stereocenters. The number of hydrogen-bond acceptors (Lipinski definition) is 6. The average Bonchev–Trinajstić information content (AvgIpc) is 3.00. The molecule has 0 bridgehead atoms. The van der Waals surface area contributed by atoms with Gasteiger partial charge in [-0.25, -0.2) is 0 Å². The Morgan fingerprint density at radius 3 is 1.67 bits per heavy atom. The first-order valence-electron chi connectivity index (χ1n) is 16.1. The molecule has 3 aromatic rings. The molecule has 45 heavy (non-hydrogen) atoms. The number of phenols is 1. The van der Waals surface area contributed by atoms with Gasteiger partial charge < -0.3 is 19.9 Å². The number of ether oxygens (including phenoxy) is 2. The summed E-state index contributed by atoms with van der Waals surface area (Å²) in [5, 5.41) is 13.2. The Morgan fingerprint density at radius 2 is 1.24 bits per heavy atom. The van der Waals surface area contributed by atoms with Gasteiger partial charge in [-0.1, -0.05) is 59.8 Å². The molecule has 0 radical (unpaired) electrons. The molecule has 7 heteroatoms. The third-order valence-electron chi connectivity index (χ3n) is 7.85. The van der Waals surface area contributed by atoms with Gasteiger partial charge in [0, 0.05) is 22.6 Å². The third-order valence-corrected chi connectivity index (χ3v) is 7.85. The van der Waals surface area contributed by atoms with Gasteiger partial charge in [-0.15, -0.1) is 0 Å². The molecule has 1 saturated carbocycles. The topological polar surface area (TPSA) is 102 Å². The van der Waals surface area contributed by atoms with E-state index in [2.05, 4.69) is 33.0 Å². The number of aldehydes is 2. The van der Waals surface area contributed by atoms with Gasteiger partial charge >= 0.3 is 0 Å². The van der Waals surface area contributed by atoms with Crippen molar-refractivity contribution in [1.29, 1.82) is 0 Å². The fourth-order valence-electron chi connectivity index (χ4n) is 5.62. The molecule has 1 fully saturated rings. The Balaban J connectivity index is 0.000000268. The van der Waals surface area contributed by atoms with E-state index in [1.165, 1.54) is 44.9 Å². The first-order valence-corrected chi connectivity index (χ1v) is 16.1. The largest absolute Gasteiger partial charge is 0.508 e. The Morgan fingerprint density at radius 1 is 0.800 bits per heavy atom. The number of amides is 1. The van der Waals surface area contributed by atoms with E-state index in [-0.39, 0.29) is 30.3 Å². The fourth-order valence-corrected chi connectivity index (χ4v) is 5.62. The lowest BCUT2D eigenvalue weighted by atomic mass is 9.82. The van der Waals surface area contributed by atoms with Crippen LogP contribution in [-0.2, 0) is 18.0 Å². The maximum atomic E-state index is 12.4. The highest BCUT2D eigenvalue weighted by Crippen LogP contribution is 2.27. The van der Waals surface area contributed by atoms with Crippen molar-refractivity contribution < 1.29 is 29.0 Å². The second kappa shape index (κ2) is 18.0. The van der Waals surface area contributed by atoms with Crippen LogP contribution in [-0.4, -0.2) is 29.6 Å². The van der Waals surface area contributed by atoms with Crippen molar-refractivity contribution in [2.45, 2.75) is 98.3 Å². The molecule has 1 amide bonds. The van der Waals surface area contributed by atoms with E-state index in [1.54, 1.807) is 60.7 Å². The van der Waals surface area contributed by atoms with Gasteiger partial charge in [0.25, 0.3) is 0 Å². The first kappa shape index (κ1) is 35.4. The van der Waals surface area contributed by atoms with Crippen LogP contribution in [0.25, 0.3) is 0 Å². The summed E-state index contributed by atoms with van der Waals surface area (Å²) in [6.07, 6.45) is 11.4. The summed E-state index contributed by atoms with van der Waals surface area (Å²) in [6, 6.07) is 19.2. The highest BCUT2D eigenvalue weighted by Gasteiger charge is 2.30. The normalized spacial score (nSPS) is 13.9. The minimum Gasteiger partial charge on any atom is -0.508 e. The molecule has 0 aromatic heterocycles. The van der Waals surface area contributed by atoms with Crippen LogP contribution in [0, 0.1) is 11.3 Å². The summed E-state index contributed by atoms with van der Waals surface area (Å²) >= 11 is 0. The Bertz CT molecular complexity index is 1270. The molecule has 2 N–H and O–H groups in total. The Kier molecular flexibility index (Phi) is 14.1. The molecule has 0 atom stereocenters. The monoisotopic (exact) mass is 615 g/mol. The number of aromatic hydroxyl groups is 1. The molecular formula is C38H49NO6. The molecule has 7 nitrogen and oxygen atoms in total. The summed E-state index contributed by atoms with van der Waals surface area (Å²) in [4.78, 5) is 33.7. The summed E-state index contributed by atoms with van der Waals surface area (Å²) in [7, 11) is 0. The zero-order valence-electron chi connectivity index (χ0n) is 27.2. The smallest absolute Gasteiger partial charge is 0.225 e. The van der Waals surface area contributed by atoms with Crippen LogP contribution in [0.4, 0.5) is 0 Å². The number of rotatable bonds is 12. The van der Waals surface area contributed by atoms with Gasteiger partial charge in [0.15, 0.2) is 0 Å². The van der Waals surface area contributed by atoms with E-state index in [4.69, 9.17) is 9.47 Å². The molecule has 1 aliphatic carbocycles. The van der Waals surface area contributed by atoms with Crippen molar-refractivity contribution in [2.24, 2.45) is 11.3 Å². The van der Waals surface area contributed by atoms with E-state index in [0.29, 0.717) is 34.6 Å². The quantitative estimate of drug-likeness (QED) is 0.198. The molecule has 0 heterocycles. The van der Waals surface area contributed by atoms with E-state index >= 15 is 0 Å². The summed E-state index contributed by atoms with van der Waals surface area (Å²) in [5.41, 5.74) is 2.53. The predicted octanol–water partition coefficient (Wildman–Crippen LogP) is 8.46. The Hall–Kier alpha value is -4.13. The molecule has 1 aliphatic rings. The lowest BCUT2D eigenvalue weighted by Gasteiger charge is -2.29. The number of nitrogens with one attached hydrogen (secondary N) is 1. The fraction of sp³-hybridized carbons (Fsp3) is 0.447. The molecule has 0 aliphatic heterocycles. The average molecular weight is 616 g/mol. The van der Waals surface area contributed by atoms with E-state index in [1.807, 2.05) is 6.07 Å². The minimum atomic E-state index is -0.226. The second-order valence-corrected chi connectivity index (χ2v) is 13.0. The zero-order valence-corrected chi connectivity index (χ0v) is 27.2. The van der Waals surface area contributed by atoms with Crippen LogP contribution in [0.1, 0.15) is 111 Å². The number of carbonyl (C=O) groups is 3. The van der Waals surface area contributed by atoms with E-state index < -0.39 is 0 Å². The maximum Gasteiger partial charge on any atom is 0.225 e. The molecule has 0 spiro atoms. The second-order valence-electron chi connectivity index (χ2n) is 13.0. The SMILES string of the molecule is CC(C)CC(C)(C)C(=O)NC1CCCCCCC1.O=Cc1ccc(OCc2cc(O)cc(COc3ccc(C=O)cc3)c2)cc1. The van der Waals surface area contributed by atoms with Crippen LogP contribution in [0.3, 0.4) is 0 Å². The summed E-state index contributed by atoms with van der Waals surface area (Å²) in [5.74, 6) is 2.22. The molecule has 3 aromatic carbocycles. The van der Waals surface area contributed by atoms with Crippen LogP contribution in [0.15, 0.2) is 66.7 Å². The van der Waals surface area contributed by atoms with Crippen molar-refractivity contribution in [2.75, 3.05) is 0 Å². The number of carbonyl (C=O) groups excluding carboxylic acids is 3. The van der Waals surface area contributed by atoms with Crippen molar-refractivity contribution in [3.8, 4) is 17.2 Å². The lowest BCUT2D eigenvalue weighted by Crippen LogP contribution is -2.43. The van der Waals surface area contributed by atoms with Crippen molar-refractivity contribution in [3.05, 3.63) is 89.0 Å². The van der Waals surface area contributed by atoms with Gasteiger partial charge in [-0.3, -0.25) is 14.4 Å². The highest BCUT2D eigenvalue weighted by atomic mass is 16.5. The number of hydrogen-bond donors (Lipinski definition) is 2. The van der Waals surface area contributed by atoms with Gasteiger partial charge in [-0.05, 0) is 103 Å². The van der Waals surface area contributed by atoms with Crippen LogP contribution < -0.4 is 14.8 Å². The minimum absolute atomic E-state index is 0.127.